The fraction of sp³-hybridized carbons (Fsp3) is 0.200. The van der Waals surface area contributed by atoms with Crippen molar-refractivity contribution in [3.05, 3.63) is 39.4 Å². The van der Waals surface area contributed by atoms with Crippen LogP contribution in [0.4, 0.5) is 5.82 Å². The largest absolute Gasteiger partial charge is 0.354 e. The van der Waals surface area contributed by atoms with E-state index in [-0.39, 0.29) is 0 Å². The first-order chi connectivity index (χ1) is 7.27. The van der Waals surface area contributed by atoms with Crippen LogP contribution in [-0.4, -0.2) is 17.0 Å². The van der Waals surface area contributed by atoms with E-state index in [1.807, 2.05) is 7.05 Å². The predicted octanol–water partition coefficient (Wildman–Crippen LogP) is 2.94. The van der Waals surface area contributed by atoms with Crippen molar-refractivity contribution < 1.29 is 0 Å². The minimum absolute atomic E-state index is 0.860. The van der Waals surface area contributed by atoms with Crippen LogP contribution in [0.3, 0.4) is 0 Å². The Morgan fingerprint density at radius 3 is 3.07 bits per heavy atom. The number of halogens is 1. The molecule has 15 heavy (non-hydrogen) atoms. The normalized spacial score (nSPS) is 10.3. The second-order valence-corrected chi connectivity index (χ2v) is 4.82. The number of aromatic nitrogens is 2. The van der Waals surface area contributed by atoms with E-state index >= 15 is 0 Å². The first-order valence-electron chi connectivity index (χ1n) is 4.45. The Bertz CT molecular complexity index is 430. The number of rotatable bonds is 3. The topological polar surface area (TPSA) is 29.0 Å². The fourth-order valence-electron chi connectivity index (χ4n) is 1.32. The number of hydrogen-bond donors (Lipinski definition) is 0. The third-order valence-electron chi connectivity index (χ3n) is 2.01. The van der Waals surface area contributed by atoms with Gasteiger partial charge in [-0.3, -0.25) is 0 Å². The van der Waals surface area contributed by atoms with Crippen LogP contribution in [0.25, 0.3) is 0 Å². The van der Waals surface area contributed by atoms with E-state index in [4.69, 9.17) is 0 Å². The highest BCUT2D eigenvalue weighted by molar-refractivity contribution is 9.10. The third-order valence-corrected chi connectivity index (χ3v) is 3.30. The van der Waals surface area contributed by atoms with Gasteiger partial charge in [0.1, 0.15) is 12.1 Å². The van der Waals surface area contributed by atoms with Gasteiger partial charge in [-0.1, -0.05) is 0 Å². The van der Waals surface area contributed by atoms with Gasteiger partial charge in [0.25, 0.3) is 0 Å². The summed E-state index contributed by atoms with van der Waals surface area (Å²) in [5.74, 6) is 0.913. The van der Waals surface area contributed by atoms with E-state index in [2.05, 4.69) is 47.6 Å². The van der Waals surface area contributed by atoms with Crippen LogP contribution in [0, 0.1) is 0 Å². The maximum atomic E-state index is 4.23. The Labute approximate surface area is 101 Å². The summed E-state index contributed by atoms with van der Waals surface area (Å²) in [7, 11) is 2.02. The Balaban J connectivity index is 2.15. The average molecular weight is 284 g/mol. The number of thiophene rings is 1. The minimum Gasteiger partial charge on any atom is -0.354 e. The van der Waals surface area contributed by atoms with Crippen molar-refractivity contribution in [1.82, 2.24) is 9.97 Å². The van der Waals surface area contributed by atoms with Crippen LogP contribution in [0.1, 0.15) is 5.56 Å². The molecular formula is C10H10BrN3S. The molecular weight excluding hydrogens is 274 g/mol. The van der Waals surface area contributed by atoms with Crippen molar-refractivity contribution in [3.8, 4) is 0 Å². The van der Waals surface area contributed by atoms with Gasteiger partial charge in [0.05, 0.1) is 4.47 Å². The molecule has 0 spiro atoms. The monoisotopic (exact) mass is 283 g/mol. The number of anilines is 1. The lowest BCUT2D eigenvalue weighted by molar-refractivity contribution is 0.889. The molecule has 0 bridgehead atoms. The molecule has 0 atom stereocenters. The molecule has 0 saturated heterocycles. The molecule has 0 N–H and O–H groups in total. The molecule has 0 unspecified atom stereocenters. The van der Waals surface area contributed by atoms with Gasteiger partial charge in [-0.15, -0.1) is 0 Å². The van der Waals surface area contributed by atoms with Crippen molar-refractivity contribution in [2.45, 2.75) is 6.54 Å². The highest BCUT2D eigenvalue weighted by Gasteiger charge is 2.07. The zero-order valence-corrected chi connectivity index (χ0v) is 10.6. The molecule has 0 aromatic carbocycles. The van der Waals surface area contributed by atoms with Crippen molar-refractivity contribution in [2.24, 2.45) is 0 Å². The van der Waals surface area contributed by atoms with Crippen LogP contribution in [0.15, 0.2) is 33.8 Å². The van der Waals surface area contributed by atoms with Crippen LogP contribution in [-0.2, 0) is 6.54 Å². The molecule has 78 valence electrons. The van der Waals surface area contributed by atoms with Crippen LogP contribution in [0.2, 0.25) is 0 Å². The Morgan fingerprint density at radius 1 is 1.53 bits per heavy atom. The summed E-state index contributed by atoms with van der Waals surface area (Å²) in [6.07, 6.45) is 3.32. The maximum absolute atomic E-state index is 4.23. The van der Waals surface area contributed by atoms with E-state index in [1.165, 1.54) is 5.56 Å². The van der Waals surface area contributed by atoms with Gasteiger partial charge in [-0.25, -0.2) is 9.97 Å². The van der Waals surface area contributed by atoms with Crippen LogP contribution in [0.5, 0.6) is 0 Å². The highest BCUT2D eigenvalue weighted by atomic mass is 79.9. The van der Waals surface area contributed by atoms with Gasteiger partial charge in [-0.2, -0.15) is 11.3 Å². The third kappa shape index (κ3) is 2.54. The van der Waals surface area contributed by atoms with Crippen molar-refractivity contribution in [2.75, 3.05) is 11.9 Å². The summed E-state index contributed by atoms with van der Waals surface area (Å²) < 4.78 is 0.919. The van der Waals surface area contributed by atoms with Gasteiger partial charge in [-0.05, 0) is 38.3 Å². The fourth-order valence-corrected chi connectivity index (χ4v) is 2.50. The quantitative estimate of drug-likeness (QED) is 0.867. The van der Waals surface area contributed by atoms with Gasteiger partial charge in [0, 0.05) is 19.8 Å². The minimum atomic E-state index is 0.860. The first-order valence-corrected chi connectivity index (χ1v) is 6.18. The second kappa shape index (κ2) is 4.72. The zero-order valence-electron chi connectivity index (χ0n) is 8.22. The van der Waals surface area contributed by atoms with Gasteiger partial charge >= 0.3 is 0 Å². The zero-order chi connectivity index (χ0) is 10.7. The average Bonchev–Trinajstić information content (AvgIpc) is 2.71. The molecule has 0 saturated carbocycles. The molecule has 0 amide bonds. The smallest absolute Gasteiger partial charge is 0.146 e. The summed E-state index contributed by atoms with van der Waals surface area (Å²) in [6.45, 7) is 0.860. The molecule has 0 fully saturated rings. The Morgan fingerprint density at radius 2 is 2.40 bits per heavy atom. The van der Waals surface area contributed by atoms with Crippen LogP contribution < -0.4 is 4.90 Å². The lowest BCUT2D eigenvalue weighted by Crippen LogP contribution is -2.17. The Hall–Kier alpha value is -0.940. The van der Waals surface area contributed by atoms with Crippen LogP contribution >= 0.6 is 27.3 Å². The van der Waals surface area contributed by atoms with E-state index in [0.717, 1.165) is 16.8 Å². The molecule has 0 aliphatic carbocycles. The maximum Gasteiger partial charge on any atom is 0.146 e. The van der Waals surface area contributed by atoms with Gasteiger partial charge < -0.3 is 4.90 Å². The van der Waals surface area contributed by atoms with E-state index in [9.17, 15) is 0 Å². The highest BCUT2D eigenvalue weighted by Crippen LogP contribution is 2.22. The number of nitrogens with zero attached hydrogens (tertiary/aromatic N) is 3. The predicted molar refractivity (Wildman–Crippen MR) is 66.2 cm³/mol. The lowest BCUT2D eigenvalue weighted by atomic mass is 10.3. The molecule has 2 heterocycles. The molecule has 2 rings (SSSR count). The molecule has 2 aromatic rings. The summed E-state index contributed by atoms with van der Waals surface area (Å²) >= 11 is 5.15. The van der Waals surface area contributed by atoms with Gasteiger partial charge in [0.15, 0.2) is 0 Å². The van der Waals surface area contributed by atoms with E-state index < -0.39 is 0 Å². The van der Waals surface area contributed by atoms with E-state index in [0.29, 0.717) is 0 Å². The standard InChI is InChI=1S/C10H10BrN3S/c1-14(5-8-2-3-15-6-8)10-9(11)4-12-7-13-10/h2-4,6-7H,5H2,1H3. The first kappa shape index (κ1) is 10.6. The lowest BCUT2D eigenvalue weighted by Gasteiger charge is -2.18. The van der Waals surface area contributed by atoms with Crippen molar-refractivity contribution in [3.63, 3.8) is 0 Å². The Kier molecular flexibility index (Phi) is 3.33. The van der Waals surface area contributed by atoms with Crippen molar-refractivity contribution in [1.29, 1.82) is 0 Å². The second-order valence-electron chi connectivity index (χ2n) is 3.18. The summed E-state index contributed by atoms with van der Waals surface area (Å²) in [5, 5.41) is 4.23. The SMILES string of the molecule is CN(Cc1ccsc1)c1ncncc1Br. The molecule has 0 aliphatic rings. The molecule has 0 radical (unpaired) electrons. The molecule has 0 aliphatic heterocycles. The summed E-state index contributed by atoms with van der Waals surface area (Å²) in [5.41, 5.74) is 1.30. The van der Waals surface area contributed by atoms with Gasteiger partial charge in [0.2, 0.25) is 0 Å². The summed E-state index contributed by atoms with van der Waals surface area (Å²) in [6, 6.07) is 2.12. The van der Waals surface area contributed by atoms with E-state index in [1.54, 1.807) is 23.9 Å². The molecule has 3 nitrogen and oxygen atoms in total. The summed E-state index contributed by atoms with van der Waals surface area (Å²) in [4.78, 5) is 10.3. The van der Waals surface area contributed by atoms with Crippen molar-refractivity contribution >= 4 is 33.1 Å². The number of hydrogen-bond acceptors (Lipinski definition) is 4. The molecule has 2 aromatic heterocycles. The molecule has 5 heteroatoms.